The van der Waals surface area contributed by atoms with Crippen molar-refractivity contribution >= 4 is 27.3 Å². The molecule has 0 aliphatic rings. The number of nitrogens with two attached hydrogens (primary N) is 1. The second-order valence-electron chi connectivity index (χ2n) is 3.72. The molecule has 19 heavy (non-hydrogen) atoms. The van der Waals surface area contributed by atoms with Gasteiger partial charge in [-0.3, -0.25) is 0 Å². The van der Waals surface area contributed by atoms with Crippen molar-refractivity contribution in [3.8, 4) is 0 Å². The topological polar surface area (TPSA) is 84.9 Å². The Morgan fingerprint density at radius 3 is 1.68 bits per heavy atom. The quantitative estimate of drug-likeness (QED) is 0.531. The lowest BCUT2D eigenvalue weighted by Gasteiger charge is -1.96. The number of nitrogens with zero attached hydrogens (tertiary/aromatic N) is 2. The van der Waals surface area contributed by atoms with Gasteiger partial charge in [0.2, 0.25) is 0 Å². The van der Waals surface area contributed by atoms with Gasteiger partial charge in [-0.1, -0.05) is 0 Å². The zero-order valence-electron chi connectivity index (χ0n) is 9.69. The van der Waals surface area contributed by atoms with Crippen LogP contribution in [0.25, 0.3) is 0 Å². The molecular formula is C12H10FN3O2S. The summed E-state index contributed by atoms with van der Waals surface area (Å²) >= 11 is 0. The molecule has 7 heteroatoms. The molecule has 0 spiro atoms. The molecule has 0 saturated carbocycles. The highest BCUT2D eigenvalue weighted by Gasteiger charge is 2.10. The maximum atomic E-state index is 12.6. The molecule has 0 unspecified atom stereocenters. The number of hydrogen-bond acceptors (Lipinski definition) is 5. The molecule has 2 rings (SSSR count). The fraction of sp³-hybridized carbons (Fsp3) is 0. The van der Waals surface area contributed by atoms with Crippen molar-refractivity contribution in [2.24, 2.45) is 10.2 Å². The van der Waals surface area contributed by atoms with Crippen LogP contribution in [-0.2, 0) is 10.2 Å². The number of halogens is 1. The number of azo groups is 1. The lowest BCUT2D eigenvalue weighted by Crippen LogP contribution is -1.89. The smallest absolute Gasteiger partial charge is 0.332 e. The maximum Gasteiger partial charge on any atom is 0.332 e. The summed E-state index contributed by atoms with van der Waals surface area (Å²) < 4.78 is 33.9. The molecule has 0 atom stereocenters. The zero-order chi connectivity index (χ0) is 13.9. The van der Waals surface area contributed by atoms with E-state index in [2.05, 4.69) is 10.2 Å². The summed E-state index contributed by atoms with van der Waals surface area (Å²) in [5.41, 5.74) is 7.18. The van der Waals surface area contributed by atoms with E-state index >= 15 is 0 Å². The molecular weight excluding hydrogens is 269 g/mol. The Morgan fingerprint density at radius 2 is 1.26 bits per heavy atom. The third-order valence-electron chi connectivity index (χ3n) is 2.29. The fourth-order valence-corrected chi connectivity index (χ4v) is 1.79. The average Bonchev–Trinajstić information content (AvgIpc) is 2.37. The van der Waals surface area contributed by atoms with Gasteiger partial charge in [-0.15, -0.1) is 3.89 Å². The van der Waals surface area contributed by atoms with E-state index < -0.39 is 15.1 Å². The molecule has 0 bridgehead atoms. The highest BCUT2D eigenvalue weighted by atomic mass is 32.3. The first-order valence-corrected chi connectivity index (χ1v) is 6.65. The molecule has 2 aromatic rings. The van der Waals surface area contributed by atoms with E-state index in [9.17, 15) is 12.3 Å². The van der Waals surface area contributed by atoms with E-state index in [4.69, 9.17) is 5.73 Å². The molecule has 0 fully saturated rings. The lowest BCUT2D eigenvalue weighted by molar-refractivity contribution is 0.552. The van der Waals surface area contributed by atoms with E-state index in [0.29, 0.717) is 17.1 Å². The molecule has 0 saturated heterocycles. The molecule has 0 amide bonds. The average molecular weight is 279 g/mol. The molecule has 5 nitrogen and oxygen atoms in total. The van der Waals surface area contributed by atoms with Crippen molar-refractivity contribution in [3.05, 3.63) is 48.5 Å². The van der Waals surface area contributed by atoms with Gasteiger partial charge >= 0.3 is 10.2 Å². The minimum Gasteiger partial charge on any atom is -0.399 e. The van der Waals surface area contributed by atoms with Crippen molar-refractivity contribution in [3.63, 3.8) is 0 Å². The van der Waals surface area contributed by atoms with Gasteiger partial charge in [-0.2, -0.15) is 18.6 Å². The number of benzene rings is 2. The van der Waals surface area contributed by atoms with Gasteiger partial charge in [0.25, 0.3) is 0 Å². The molecule has 0 aromatic heterocycles. The molecule has 0 radical (unpaired) electrons. The van der Waals surface area contributed by atoms with Crippen LogP contribution in [0.5, 0.6) is 0 Å². The van der Waals surface area contributed by atoms with Crippen molar-refractivity contribution in [2.45, 2.75) is 4.90 Å². The van der Waals surface area contributed by atoms with Gasteiger partial charge in [-0.05, 0) is 48.5 Å². The third-order valence-corrected chi connectivity index (χ3v) is 3.13. The van der Waals surface area contributed by atoms with E-state index in [1.165, 1.54) is 12.1 Å². The summed E-state index contributed by atoms with van der Waals surface area (Å²) in [6, 6.07) is 11.8. The molecule has 0 aliphatic heterocycles. The van der Waals surface area contributed by atoms with Crippen molar-refractivity contribution in [1.29, 1.82) is 0 Å². The number of rotatable bonds is 3. The Kier molecular flexibility index (Phi) is 3.57. The predicted octanol–water partition coefficient (Wildman–Crippen LogP) is 3.34. The van der Waals surface area contributed by atoms with Crippen LogP contribution in [-0.4, -0.2) is 8.42 Å². The first-order chi connectivity index (χ1) is 8.95. The lowest BCUT2D eigenvalue weighted by atomic mass is 10.3. The third kappa shape index (κ3) is 3.59. The number of nitrogen functional groups attached to an aromatic ring is 1. The summed E-state index contributed by atoms with van der Waals surface area (Å²) in [5, 5.41) is 7.83. The SMILES string of the molecule is Nc1ccc(N=Nc2ccc(S(=O)(=O)F)cc2)cc1. The Morgan fingerprint density at radius 1 is 0.842 bits per heavy atom. The van der Waals surface area contributed by atoms with Crippen LogP contribution >= 0.6 is 0 Å². The summed E-state index contributed by atoms with van der Waals surface area (Å²) in [5.74, 6) is 0. The standard InChI is InChI=1S/C12H10FN3O2S/c13-19(17,18)12-7-5-11(6-8-12)16-15-10-3-1-9(14)2-4-10/h1-8H,14H2. The van der Waals surface area contributed by atoms with Gasteiger partial charge in [0.1, 0.15) is 0 Å². The largest absolute Gasteiger partial charge is 0.399 e. The second kappa shape index (κ2) is 5.15. The monoisotopic (exact) mass is 279 g/mol. The Labute approximate surface area is 109 Å². The van der Waals surface area contributed by atoms with Crippen LogP contribution in [0.15, 0.2) is 63.7 Å². The predicted molar refractivity (Wildman–Crippen MR) is 69.8 cm³/mol. The number of hydrogen-bond donors (Lipinski definition) is 1. The van der Waals surface area contributed by atoms with Gasteiger partial charge in [0.05, 0.1) is 16.3 Å². The van der Waals surface area contributed by atoms with Crippen molar-refractivity contribution in [2.75, 3.05) is 5.73 Å². The van der Waals surface area contributed by atoms with Crippen molar-refractivity contribution < 1.29 is 12.3 Å². The van der Waals surface area contributed by atoms with Crippen LogP contribution in [0.4, 0.5) is 20.9 Å². The van der Waals surface area contributed by atoms with E-state index in [1.54, 1.807) is 24.3 Å². The van der Waals surface area contributed by atoms with Gasteiger partial charge in [0.15, 0.2) is 0 Å². The van der Waals surface area contributed by atoms with Gasteiger partial charge in [0, 0.05) is 5.69 Å². The Hall–Kier alpha value is -2.28. The maximum absolute atomic E-state index is 12.6. The van der Waals surface area contributed by atoms with E-state index in [-0.39, 0.29) is 0 Å². The van der Waals surface area contributed by atoms with Crippen LogP contribution in [0, 0.1) is 0 Å². The second-order valence-corrected chi connectivity index (χ2v) is 5.07. The van der Waals surface area contributed by atoms with Crippen molar-refractivity contribution in [1.82, 2.24) is 0 Å². The Bertz CT molecular complexity index is 695. The normalized spacial score (nSPS) is 11.8. The Balaban J connectivity index is 2.18. The molecule has 98 valence electrons. The first kappa shape index (κ1) is 13.2. The van der Waals surface area contributed by atoms with Crippen LogP contribution in [0.3, 0.4) is 0 Å². The summed E-state index contributed by atoms with van der Waals surface area (Å²) in [6.45, 7) is 0. The zero-order valence-corrected chi connectivity index (χ0v) is 10.5. The minimum absolute atomic E-state index is 0.404. The molecule has 2 aromatic carbocycles. The first-order valence-electron chi connectivity index (χ1n) is 5.27. The minimum atomic E-state index is -4.68. The molecule has 0 aliphatic carbocycles. The van der Waals surface area contributed by atoms with E-state index in [1.807, 2.05) is 0 Å². The van der Waals surface area contributed by atoms with Gasteiger partial charge < -0.3 is 5.73 Å². The summed E-state index contributed by atoms with van der Waals surface area (Å²) in [4.78, 5) is -0.404. The molecule has 2 N–H and O–H groups in total. The number of anilines is 1. The summed E-state index contributed by atoms with van der Waals surface area (Å²) in [6.07, 6.45) is 0. The van der Waals surface area contributed by atoms with E-state index in [0.717, 1.165) is 12.1 Å². The van der Waals surface area contributed by atoms with Crippen LogP contribution in [0.1, 0.15) is 0 Å². The van der Waals surface area contributed by atoms with Gasteiger partial charge in [-0.25, -0.2) is 0 Å². The van der Waals surface area contributed by atoms with Crippen LogP contribution in [0.2, 0.25) is 0 Å². The fourth-order valence-electron chi connectivity index (χ4n) is 1.33. The molecule has 0 heterocycles. The highest BCUT2D eigenvalue weighted by molar-refractivity contribution is 7.86. The van der Waals surface area contributed by atoms with Crippen LogP contribution < -0.4 is 5.73 Å². The summed E-state index contributed by atoms with van der Waals surface area (Å²) in [7, 11) is -4.68. The highest BCUT2D eigenvalue weighted by Crippen LogP contribution is 2.21.